The summed E-state index contributed by atoms with van der Waals surface area (Å²) in [7, 11) is 0. The van der Waals surface area contributed by atoms with Crippen molar-refractivity contribution < 1.29 is 0 Å². The molecule has 1 nitrogen and oxygen atoms in total. The van der Waals surface area contributed by atoms with E-state index >= 15 is 0 Å². The fourth-order valence-electron chi connectivity index (χ4n) is 2.74. The molecule has 0 atom stereocenters. The molecule has 0 unspecified atom stereocenters. The van der Waals surface area contributed by atoms with Gasteiger partial charge in [-0.05, 0) is 52.6 Å². The lowest BCUT2D eigenvalue weighted by atomic mass is 9.72. The molecule has 0 spiro atoms. The van der Waals surface area contributed by atoms with Gasteiger partial charge in [0, 0.05) is 13.1 Å². The first kappa shape index (κ1) is 11.9. The van der Waals surface area contributed by atoms with Crippen LogP contribution in [-0.2, 0) is 12.8 Å². The molecule has 2 heterocycles. The van der Waals surface area contributed by atoms with Crippen molar-refractivity contribution in [3.63, 3.8) is 0 Å². The molecule has 1 saturated heterocycles. The first-order chi connectivity index (χ1) is 8.86. The van der Waals surface area contributed by atoms with Gasteiger partial charge in [-0.1, -0.05) is 30.3 Å². The van der Waals surface area contributed by atoms with Crippen molar-refractivity contribution in [3.8, 4) is 0 Å². The van der Waals surface area contributed by atoms with Crippen LogP contribution in [0.1, 0.15) is 17.5 Å². The number of aryl methyl sites for hydroxylation is 1. The van der Waals surface area contributed by atoms with Gasteiger partial charge in [-0.3, -0.25) is 0 Å². The summed E-state index contributed by atoms with van der Waals surface area (Å²) < 4.78 is 0. The maximum absolute atomic E-state index is 3.46. The van der Waals surface area contributed by atoms with Crippen LogP contribution in [0.25, 0.3) is 0 Å². The van der Waals surface area contributed by atoms with E-state index in [0.29, 0.717) is 5.41 Å². The third-order valence-electron chi connectivity index (χ3n) is 3.95. The van der Waals surface area contributed by atoms with E-state index in [4.69, 9.17) is 0 Å². The standard InChI is InChI=1S/C16H19NS/c1-2-4-14(5-3-1)10-16(12-17-13-16)8-6-15-7-9-18-11-15/h1-5,7,9,11,17H,6,8,10,12-13H2. The Kier molecular flexibility index (Phi) is 3.48. The van der Waals surface area contributed by atoms with Crippen LogP contribution in [0, 0.1) is 5.41 Å². The van der Waals surface area contributed by atoms with Gasteiger partial charge in [-0.2, -0.15) is 11.3 Å². The molecule has 18 heavy (non-hydrogen) atoms. The largest absolute Gasteiger partial charge is 0.316 e. The van der Waals surface area contributed by atoms with Gasteiger partial charge >= 0.3 is 0 Å². The van der Waals surface area contributed by atoms with Crippen molar-refractivity contribution >= 4 is 11.3 Å². The molecule has 1 aromatic heterocycles. The van der Waals surface area contributed by atoms with Crippen molar-refractivity contribution in [3.05, 3.63) is 58.3 Å². The molecule has 1 aromatic carbocycles. The fraction of sp³-hybridized carbons (Fsp3) is 0.375. The number of hydrogen-bond acceptors (Lipinski definition) is 2. The molecular formula is C16H19NS. The molecule has 1 fully saturated rings. The summed E-state index contributed by atoms with van der Waals surface area (Å²) in [5.41, 5.74) is 3.46. The zero-order chi connectivity index (χ0) is 12.3. The van der Waals surface area contributed by atoms with Gasteiger partial charge in [0.25, 0.3) is 0 Å². The SMILES string of the molecule is c1ccc(CC2(CCc3ccsc3)CNC2)cc1. The Bertz CT molecular complexity index is 471. The van der Waals surface area contributed by atoms with Crippen LogP contribution < -0.4 is 5.32 Å². The average molecular weight is 257 g/mol. The van der Waals surface area contributed by atoms with Crippen molar-refractivity contribution in [2.75, 3.05) is 13.1 Å². The minimum atomic E-state index is 0.489. The Morgan fingerprint density at radius 3 is 2.50 bits per heavy atom. The molecule has 2 aromatic rings. The third-order valence-corrected chi connectivity index (χ3v) is 4.68. The molecule has 94 valence electrons. The van der Waals surface area contributed by atoms with Gasteiger partial charge in [0.05, 0.1) is 0 Å². The highest BCUT2D eigenvalue weighted by Gasteiger charge is 2.36. The van der Waals surface area contributed by atoms with Crippen molar-refractivity contribution in [1.29, 1.82) is 0 Å². The summed E-state index contributed by atoms with van der Waals surface area (Å²) in [5.74, 6) is 0. The zero-order valence-corrected chi connectivity index (χ0v) is 11.4. The number of hydrogen-bond donors (Lipinski definition) is 1. The lowest BCUT2D eigenvalue weighted by Gasteiger charge is -2.43. The maximum atomic E-state index is 3.46. The van der Waals surface area contributed by atoms with Gasteiger partial charge < -0.3 is 5.32 Å². The van der Waals surface area contributed by atoms with E-state index in [9.17, 15) is 0 Å². The van der Waals surface area contributed by atoms with Gasteiger partial charge in [0.2, 0.25) is 0 Å². The smallest absolute Gasteiger partial charge is 0.00235 e. The van der Waals surface area contributed by atoms with Crippen molar-refractivity contribution in [1.82, 2.24) is 5.32 Å². The summed E-state index contributed by atoms with van der Waals surface area (Å²) in [4.78, 5) is 0. The maximum Gasteiger partial charge on any atom is 0.00235 e. The molecule has 0 aliphatic carbocycles. The molecule has 1 N–H and O–H groups in total. The predicted molar refractivity (Wildman–Crippen MR) is 78.1 cm³/mol. The van der Waals surface area contributed by atoms with Crippen LogP contribution in [0.3, 0.4) is 0 Å². The number of thiophene rings is 1. The molecule has 0 amide bonds. The van der Waals surface area contributed by atoms with Crippen LogP contribution in [0.15, 0.2) is 47.2 Å². The molecular weight excluding hydrogens is 238 g/mol. The zero-order valence-electron chi connectivity index (χ0n) is 10.6. The molecule has 1 aliphatic rings. The van der Waals surface area contributed by atoms with E-state index in [1.807, 2.05) is 0 Å². The highest BCUT2D eigenvalue weighted by Crippen LogP contribution is 2.33. The Morgan fingerprint density at radius 1 is 1.06 bits per heavy atom. The lowest BCUT2D eigenvalue weighted by Crippen LogP contribution is -2.54. The summed E-state index contributed by atoms with van der Waals surface area (Å²) >= 11 is 1.80. The van der Waals surface area contributed by atoms with Crippen LogP contribution in [0.4, 0.5) is 0 Å². The van der Waals surface area contributed by atoms with E-state index in [1.54, 1.807) is 11.3 Å². The minimum Gasteiger partial charge on any atom is -0.316 e. The quantitative estimate of drug-likeness (QED) is 0.864. The lowest BCUT2D eigenvalue weighted by molar-refractivity contribution is 0.152. The molecule has 0 bridgehead atoms. The normalized spacial score (nSPS) is 17.3. The third kappa shape index (κ3) is 2.65. The highest BCUT2D eigenvalue weighted by molar-refractivity contribution is 7.07. The second kappa shape index (κ2) is 5.25. The van der Waals surface area contributed by atoms with Gasteiger partial charge in [-0.25, -0.2) is 0 Å². The first-order valence-electron chi connectivity index (χ1n) is 6.62. The topological polar surface area (TPSA) is 12.0 Å². The average Bonchev–Trinajstić information content (AvgIpc) is 2.87. The molecule has 0 radical (unpaired) electrons. The van der Waals surface area contributed by atoms with Gasteiger partial charge in [-0.15, -0.1) is 0 Å². The van der Waals surface area contributed by atoms with Crippen molar-refractivity contribution in [2.45, 2.75) is 19.3 Å². The van der Waals surface area contributed by atoms with Crippen molar-refractivity contribution in [2.24, 2.45) is 5.41 Å². The van der Waals surface area contributed by atoms with Gasteiger partial charge in [0.15, 0.2) is 0 Å². The van der Waals surface area contributed by atoms with E-state index in [0.717, 1.165) is 0 Å². The van der Waals surface area contributed by atoms with E-state index in [1.165, 1.54) is 43.5 Å². The summed E-state index contributed by atoms with van der Waals surface area (Å²) in [6.45, 7) is 2.35. The van der Waals surface area contributed by atoms with E-state index < -0.39 is 0 Å². The Balaban J connectivity index is 1.63. The van der Waals surface area contributed by atoms with Gasteiger partial charge in [0.1, 0.15) is 0 Å². The first-order valence-corrected chi connectivity index (χ1v) is 7.56. The molecule has 0 saturated carbocycles. The summed E-state index contributed by atoms with van der Waals surface area (Å²) in [6, 6.07) is 13.2. The fourth-order valence-corrected chi connectivity index (χ4v) is 3.45. The summed E-state index contributed by atoms with van der Waals surface area (Å²) in [6.07, 6.45) is 3.73. The highest BCUT2D eigenvalue weighted by atomic mass is 32.1. The second-order valence-corrected chi connectivity index (χ2v) is 6.18. The molecule has 2 heteroatoms. The number of benzene rings is 1. The Morgan fingerprint density at radius 2 is 1.89 bits per heavy atom. The molecule has 1 aliphatic heterocycles. The van der Waals surface area contributed by atoms with Crippen LogP contribution >= 0.6 is 11.3 Å². The monoisotopic (exact) mass is 257 g/mol. The number of rotatable bonds is 5. The van der Waals surface area contributed by atoms with Crippen LogP contribution in [0.5, 0.6) is 0 Å². The second-order valence-electron chi connectivity index (χ2n) is 5.40. The van der Waals surface area contributed by atoms with E-state index in [-0.39, 0.29) is 0 Å². The predicted octanol–water partition coefficient (Wildman–Crippen LogP) is 3.51. The minimum absolute atomic E-state index is 0.489. The van der Waals surface area contributed by atoms with E-state index in [2.05, 4.69) is 52.5 Å². The number of nitrogens with one attached hydrogen (secondary N) is 1. The summed E-state index contributed by atoms with van der Waals surface area (Å²) in [5, 5.41) is 7.91. The Labute approximate surface area is 113 Å². The van der Waals surface area contributed by atoms with Crippen LogP contribution in [0.2, 0.25) is 0 Å². The Hall–Kier alpha value is -1.12. The molecule has 3 rings (SSSR count). The van der Waals surface area contributed by atoms with Crippen LogP contribution in [-0.4, -0.2) is 13.1 Å².